The van der Waals surface area contributed by atoms with Crippen molar-refractivity contribution in [3.8, 4) is 0 Å². The quantitative estimate of drug-likeness (QED) is 0.673. The van der Waals surface area contributed by atoms with Gasteiger partial charge in [-0.15, -0.1) is 0 Å². The topological polar surface area (TPSA) is 104 Å². The van der Waals surface area contributed by atoms with E-state index in [-0.39, 0.29) is 17.9 Å². The van der Waals surface area contributed by atoms with E-state index in [2.05, 4.69) is 15.4 Å². The van der Waals surface area contributed by atoms with Crippen molar-refractivity contribution in [2.45, 2.75) is 38.1 Å². The third kappa shape index (κ3) is 6.05. The molecule has 0 aromatic heterocycles. The van der Waals surface area contributed by atoms with Gasteiger partial charge in [-0.1, -0.05) is 31.4 Å². The molecule has 8 heteroatoms. The van der Waals surface area contributed by atoms with Gasteiger partial charge in [0.2, 0.25) is 10.0 Å². The van der Waals surface area contributed by atoms with Gasteiger partial charge in [-0.2, -0.15) is 0 Å². The van der Waals surface area contributed by atoms with Crippen LogP contribution in [0.25, 0.3) is 0 Å². The Morgan fingerprint density at radius 1 is 0.897 bits per heavy atom. The number of anilines is 2. The number of hydrogen-bond acceptors (Lipinski definition) is 4. The first-order valence-electron chi connectivity index (χ1n) is 9.61. The Kier molecular flexibility index (Phi) is 6.53. The van der Waals surface area contributed by atoms with E-state index in [0.29, 0.717) is 22.5 Å². The number of para-hydroxylation sites is 1. The second-order valence-corrected chi connectivity index (χ2v) is 9.01. The van der Waals surface area contributed by atoms with E-state index in [1.165, 1.54) is 30.7 Å². The Labute approximate surface area is 171 Å². The minimum absolute atomic E-state index is 0.176. The van der Waals surface area contributed by atoms with Crippen LogP contribution in [0, 0.1) is 0 Å². The fourth-order valence-electron chi connectivity index (χ4n) is 3.40. The number of rotatable bonds is 6. The molecule has 1 saturated carbocycles. The number of carbonyl (C=O) groups is 2. The van der Waals surface area contributed by atoms with Crippen LogP contribution < -0.4 is 15.4 Å². The van der Waals surface area contributed by atoms with E-state index in [1.54, 1.807) is 24.3 Å². The Balaban J connectivity index is 1.69. The highest BCUT2D eigenvalue weighted by Gasteiger charge is 2.19. The molecule has 7 nitrogen and oxygen atoms in total. The lowest BCUT2D eigenvalue weighted by Crippen LogP contribution is -2.36. The number of amides is 2. The molecule has 29 heavy (non-hydrogen) atoms. The maximum Gasteiger partial charge on any atom is 0.255 e. The monoisotopic (exact) mass is 415 g/mol. The number of benzene rings is 2. The average Bonchev–Trinajstić information content (AvgIpc) is 2.68. The van der Waals surface area contributed by atoms with Gasteiger partial charge in [0, 0.05) is 17.3 Å². The van der Waals surface area contributed by atoms with Crippen LogP contribution in [0.4, 0.5) is 11.4 Å². The summed E-state index contributed by atoms with van der Waals surface area (Å²) in [5.74, 6) is -0.575. The van der Waals surface area contributed by atoms with Crippen LogP contribution in [-0.4, -0.2) is 32.5 Å². The number of sulfonamides is 1. The predicted octanol–water partition coefficient (Wildman–Crippen LogP) is 3.37. The molecule has 0 bridgehead atoms. The van der Waals surface area contributed by atoms with Crippen LogP contribution in [0.1, 0.15) is 52.8 Å². The first kappa shape index (κ1) is 20.9. The van der Waals surface area contributed by atoms with Gasteiger partial charge in [0.1, 0.15) is 0 Å². The number of carbonyl (C=O) groups excluding carboxylic acids is 2. The van der Waals surface area contributed by atoms with E-state index in [0.717, 1.165) is 31.9 Å². The van der Waals surface area contributed by atoms with Gasteiger partial charge >= 0.3 is 0 Å². The van der Waals surface area contributed by atoms with E-state index in [9.17, 15) is 18.0 Å². The lowest BCUT2D eigenvalue weighted by Gasteiger charge is -2.23. The molecule has 0 spiro atoms. The van der Waals surface area contributed by atoms with Gasteiger partial charge in [-0.25, -0.2) is 8.42 Å². The minimum Gasteiger partial charge on any atom is -0.349 e. The van der Waals surface area contributed by atoms with E-state index in [1.807, 2.05) is 0 Å². The smallest absolute Gasteiger partial charge is 0.255 e. The molecular weight excluding hydrogens is 390 g/mol. The molecule has 0 radical (unpaired) electrons. The molecular formula is C21H25N3O4S. The summed E-state index contributed by atoms with van der Waals surface area (Å²) in [4.78, 5) is 25.3. The largest absolute Gasteiger partial charge is 0.349 e. The fourth-order valence-corrected chi connectivity index (χ4v) is 3.96. The maximum absolute atomic E-state index is 12.7. The van der Waals surface area contributed by atoms with Gasteiger partial charge in [-0.05, 0) is 49.2 Å². The van der Waals surface area contributed by atoms with Gasteiger partial charge in [0.15, 0.2) is 0 Å². The molecule has 2 aromatic rings. The molecule has 0 heterocycles. The lowest BCUT2D eigenvalue weighted by molar-refractivity contribution is 0.0928. The van der Waals surface area contributed by atoms with Gasteiger partial charge in [0.05, 0.1) is 17.5 Å². The molecule has 1 aliphatic carbocycles. The normalized spacial score (nSPS) is 14.8. The summed E-state index contributed by atoms with van der Waals surface area (Å²) in [6, 6.07) is 13.1. The zero-order valence-corrected chi connectivity index (χ0v) is 17.1. The molecule has 0 unspecified atom stereocenters. The van der Waals surface area contributed by atoms with Crippen LogP contribution >= 0.6 is 0 Å². The summed E-state index contributed by atoms with van der Waals surface area (Å²) in [6.45, 7) is 0. The number of nitrogens with one attached hydrogen (secondary N) is 3. The number of hydrogen-bond donors (Lipinski definition) is 3. The summed E-state index contributed by atoms with van der Waals surface area (Å²) < 4.78 is 24.9. The van der Waals surface area contributed by atoms with Gasteiger partial charge in [0.25, 0.3) is 11.8 Å². The fraction of sp³-hybridized carbons (Fsp3) is 0.333. The summed E-state index contributed by atoms with van der Waals surface area (Å²) in [6.07, 6.45) is 6.46. The van der Waals surface area contributed by atoms with Crippen LogP contribution in [0.2, 0.25) is 0 Å². The first-order chi connectivity index (χ1) is 13.8. The Bertz CT molecular complexity index is 981. The Morgan fingerprint density at radius 3 is 2.21 bits per heavy atom. The van der Waals surface area contributed by atoms with Gasteiger partial charge in [-0.3, -0.25) is 14.3 Å². The summed E-state index contributed by atoms with van der Waals surface area (Å²) in [5.41, 5.74) is 1.58. The molecule has 1 aliphatic rings. The van der Waals surface area contributed by atoms with Crippen molar-refractivity contribution >= 4 is 33.2 Å². The zero-order valence-electron chi connectivity index (χ0n) is 16.3. The summed E-state index contributed by atoms with van der Waals surface area (Å²) >= 11 is 0. The maximum atomic E-state index is 12.7. The molecule has 3 rings (SSSR count). The van der Waals surface area contributed by atoms with Crippen molar-refractivity contribution in [3.05, 3.63) is 59.7 Å². The summed E-state index contributed by atoms with van der Waals surface area (Å²) in [7, 11) is -3.38. The third-order valence-electron chi connectivity index (χ3n) is 4.81. The molecule has 1 fully saturated rings. The second kappa shape index (κ2) is 9.09. The molecule has 3 N–H and O–H groups in total. The highest BCUT2D eigenvalue weighted by Crippen LogP contribution is 2.21. The predicted molar refractivity (Wildman–Crippen MR) is 114 cm³/mol. The van der Waals surface area contributed by atoms with Crippen molar-refractivity contribution in [1.82, 2.24) is 5.32 Å². The van der Waals surface area contributed by atoms with Crippen LogP contribution in [0.5, 0.6) is 0 Å². The highest BCUT2D eigenvalue weighted by molar-refractivity contribution is 7.92. The van der Waals surface area contributed by atoms with Crippen molar-refractivity contribution in [3.63, 3.8) is 0 Å². The summed E-state index contributed by atoms with van der Waals surface area (Å²) in [5, 5.41) is 5.84. The van der Waals surface area contributed by atoms with E-state index >= 15 is 0 Å². The standard InChI is InChI=1S/C21H25N3O4S/c1-29(27,28)24-17-13-11-15(12-14-17)20(25)23-19-10-6-5-9-18(19)21(26)22-16-7-3-2-4-8-16/h5-6,9-14,16,24H,2-4,7-8H2,1H3,(H,22,26)(H,23,25). The minimum atomic E-state index is -3.38. The van der Waals surface area contributed by atoms with E-state index in [4.69, 9.17) is 0 Å². The van der Waals surface area contributed by atoms with Gasteiger partial charge < -0.3 is 10.6 Å². The third-order valence-corrected chi connectivity index (χ3v) is 5.42. The first-order valence-corrected chi connectivity index (χ1v) is 11.5. The van der Waals surface area contributed by atoms with Crippen molar-refractivity contribution in [1.29, 1.82) is 0 Å². The Morgan fingerprint density at radius 2 is 1.55 bits per heavy atom. The molecule has 0 atom stereocenters. The second-order valence-electron chi connectivity index (χ2n) is 7.26. The van der Waals surface area contributed by atoms with Crippen molar-refractivity contribution < 1.29 is 18.0 Å². The van der Waals surface area contributed by atoms with Crippen molar-refractivity contribution in [2.24, 2.45) is 0 Å². The molecule has 2 aromatic carbocycles. The van der Waals surface area contributed by atoms with Crippen molar-refractivity contribution in [2.75, 3.05) is 16.3 Å². The SMILES string of the molecule is CS(=O)(=O)Nc1ccc(C(=O)Nc2ccccc2C(=O)NC2CCCCC2)cc1. The molecule has 2 amide bonds. The van der Waals surface area contributed by atoms with Crippen LogP contribution in [0.3, 0.4) is 0 Å². The molecule has 0 aliphatic heterocycles. The average molecular weight is 416 g/mol. The highest BCUT2D eigenvalue weighted by atomic mass is 32.2. The van der Waals surface area contributed by atoms with E-state index < -0.39 is 10.0 Å². The molecule has 0 saturated heterocycles. The Hall–Kier alpha value is -2.87. The zero-order chi connectivity index (χ0) is 20.9. The van der Waals surface area contributed by atoms with Crippen LogP contribution in [0.15, 0.2) is 48.5 Å². The molecule has 154 valence electrons. The van der Waals surface area contributed by atoms with Crippen LogP contribution in [-0.2, 0) is 10.0 Å². The lowest BCUT2D eigenvalue weighted by atomic mass is 9.95.